The van der Waals surface area contributed by atoms with Crippen LogP contribution >= 0.6 is 37.2 Å². The molecule has 2 nitrogen and oxygen atoms in total. The monoisotopic (exact) mass is 407 g/mol. The SMILES string of the molecule is II.O=C1CCNCC2CCCC12. The van der Waals surface area contributed by atoms with Crippen LogP contribution in [0.5, 0.6) is 0 Å². The highest BCUT2D eigenvalue weighted by atomic mass is 128. The first-order valence-electron chi connectivity index (χ1n) is 4.75. The van der Waals surface area contributed by atoms with Crippen molar-refractivity contribution < 1.29 is 4.79 Å². The van der Waals surface area contributed by atoms with Crippen LogP contribution in [0, 0.1) is 11.8 Å². The number of nitrogens with one attached hydrogen (secondary N) is 1. The van der Waals surface area contributed by atoms with E-state index in [9.17, 15) is 4.79 Å². The number of ketones is 1. The van der Waals surface area contributed by atoms with Crippen LogP contribution in [-0.4, -0.2) is 18.9 Å². The Morgan fingerprint density at radius 2 is 2.08 bits per heavy atom. The van der Waals surface area contributed by atoms with Crippen LogP contribution in [0.4, 0.5) is 0 Å². The lowest BCUT2D eigenvalue weighted by molar-refractivity contribution is -0.123. The summed E-state index contributed by atoms with van der Waals surface area (Å²) < 4.78 is 0. The predicted molar refractivity (Wildman–Crippen MR) is 71.4 cm³/mol. The average Bonchev–Trinajstić information content (AvgIpc) is 2.57. The highest BCUT2D eigenvalue weighted by molar-refractivity contribution is 15.0. The molecule has 0 spiro atoms. The van der Waals surface area contributed by atoms with Crippen molar-refractivity contribution in [2.75, 3.05) is 13.1 Å². The fourth-order valence-electron chi connectivity index (χ4n) is 2.39. The zero-order valence-corrected chi connectivity index (χ0v) is 11.9. The Labute approximate surface area is 103 Å². The highest BCUT2D eigenvalue weighted by Gasteiger charge is 2.33. The molecule has 0 radical (unpaired) electrons. The van der Waals surface area contributed by atoms with Crippen LogP contribution in [0.15, 0.2) is 0 Å². The van der Waals surface area contributed by atoms with Crippen molar-refractivity contribution >= 4 is 43.0 Å². The van der Waals surface area contributed by atoms with E-state index in [1.165, 1.54) is 12.8 Å². The quantitative estimate of drug-likeness (QED) is 0.627. The molecule has 1 aliphatic heterocycles. The molecule has 0 aromatic heterocycles. The zero-order chi connectivity index (χ0) is 9.68. The van der Waals surface area contributed by atoms with Crippen LogP contribution < -0.4 is 5.32 Å². The number of fused-ring (bicyclic) bond motifs is 1. The van der Waals surface area contributed by atoms with E-state index >= 15 is 0 Å². The zero-order valence-electron chi connectivity index (χ0n) is 7.56. The molecule has 0 bridgehead atoms. The highest BCUT2D eigenvalue weighted by Crippen LogP contribution is 2.33. The van der Waals surface area contributed by atoms with Gasteiger partial charge in [0.25, 0.3) is 0 Å². The molecule has 1 saturated heterocycles. The summed E-state index contributed by atoms with van der Waals surface area (Å²) >= 11 is 4.24. The Kier molecular flexibility index (Phi) is 6.13. The number of carbonyl (C=O) groups excluding carboxylic acids is 1. The minimum Gasteiger partial charge on any atom is -0.316 e. The Hall–Kier alpha value is 1.09. The van der Waals surface area contributed by atoms with Crippen LogP contribution in [0.2, 0.25) is 0 Å². The molecule has 1 N–H and O–H groups in total. The van der Waals surface area contributed by atoms with E-state index in [-0.39, 0.29) is 0 Å². The van der Waals surface area contributed by atoms with Gasteiger partial charge in [-0.3, -0.25) is 4.79 Å². The van der Waals surface area contributed by atoms with Gasteiger partial charge in [0, 0.05) is 56.1 Å². The molecule has 2 fully saturated rings. The molecule has 1 saturated carbocycles. The summed E-state index contributed by atoms with van der Waals surface area (Å²) in [6, 6.07) is 0. The van der Waals surface area contributed by atoms with Crippen molar-refractivity contribution in [1.29, 1.82) is 0 Å². The predicted octanol–water partition coefficient (Wildman–Crippen LogP) is 2.74. The van der Waals surface area contributed by atoms with Crippen molar-refractivity contribution in [2.45, 2.75) is 25.7 Å². The van der Waals surface area contributed by atoms with Crippen molar-refractivity contribution in [1.82, 2.24) is 5.32 Å². The van der Waals surface area contributed by atoms with Crippen LogP contribution in [0.3, 0.4) is 0 Å². The van der Waals surface area contributed by atoms with E-state index in [0.717, 1.165) is 25.9 Å². The summed E-state index contributed by atoms with van der Waals surface area (Å²) in [7, 11) is 0. The summed E-state index contributed by atoms with van der Waals surface area (Å²) in [6.07, 6.45) is 4.46. The van der Waals surface area contributed by atoms with Gasteiger partial charge in [-0.1, -0.05) is 6.42 Å². The standard InChI is InChI=1S/C9H15NO.I2/c11-9-4-5-10-6-7-2-1-3-8(7)9;1-2/h7-8,10H,1-6H2;. The van der Waals surface area contributed by atoms with Gasteiger partial charge in [0.15, 0.2) is 0 Å². The Balaban J connectivity index is 0.000000396. The Morgan fingerprint density at radius 1 is 1.31 bits per heavy atom. The summed E-state index contributed by atoms with van der Waals surface area (Å²) in [6.45, 7) is 1.99. The molecule has 2 unspecified atom stereocenters. The lowest BCUT2D eigenvalue weighted by Gasteiger charge is -2.13. The molecule has 2 atom stereocenters. The average molecular weight is 407 g/mol. The van der Waals surface area contributed by atoms with Crippen LogP contribution in [0.1, 0.15) is 25.7 Å². The van der Waals surface area contributed by atoms with Gasteiger partial charge in [-0.2, -0.15) is 0 Å². The topological polar surface area (TPSA) is 29.1 Å². The molecule has 1 heterocycles. The van der Waals surface area contributed by atoms with E-state index in [0.29, 0.717) is 17.6 Å². The van der Waals surface area contributed by atoms with Crippen molar-refractivity contribution in [3.63, 3.8) is 0 Å². The number of carbonyl (C=O) groups is 1. The van der Waals surface area contributed by atoms with E-state index in [4.69, 9.17) is 0 Å². The maximum atomic E-state index is 11.5. The third kappa shape index (κ3) is 3.30. The summed E-state index contributed by atoms with van der Waals surface area (Å²) in [4.78, 5) is 11.5. The smallest absolute Gasteiger partial charge is 0.137 e. The minimum absolute atomic E-state index is 0.421. The second-order valence-corrected chi connectivity index (χ2v) is 3.72. The van der Waals surface area contributed by atoms with Gasteiger partial charge >= 0.3 is 0 Å². The molecular weight excluding hydrogens is 392 g/mol. The first-order valence-corrected chi connectivity index (χ1v) is 11.0. The Morgan fingerprint density at radius 3 is 2.85 bits per heavy atom. The van der Waals surface area contributed by atoms with Crippen molar-refractivity contribution in [3.05, 3.63) is 0 Å². The van der Waals surface area contributed by atoms with Gasteiger partial charge < -0.3 is 5.32 Å². The molecular formula is C9H15I2NO. The van der Waals surface area contributed by atoms with E-state index in [1.54, 1.807) is 0 Å². The number of rotatable bonds is 0. The van der Waals surface area contributed by atoms with Crippen molar-refractivity contribution in [2.24, 2.45) is 11.8 Å². The summed E-state index contributed by atoms with van der Waals surface area (Å²) in [5.41, 5.74) is 0. The van der Waals surface area contributed by atoms with Gasteiger partial charge in [-0.05, 0) is 25.3 Å². The van der Waals surface area contributed by atoms with Gasteiger partial charge in [0.1, 0.15) is 5.78 Å². The molecule has 4 heteroatoms. The Bertz CT molecular complexity index is 175. The van der Waals surface area contributed by atoms with Gasteiger partial charge in [-0.15, -0.1) is 0 Å². The first kappa shape index (κ1) is 12.2. The lowest BCUT2D eigenvalue weighted by Crippen LogP contribution is -2.22. The maximum Gasteiger partial charge on any atom is 0.137 e. The maximum absolute atomic E-state index is 11.5. The third-order valence-electron chi connectivity index (χ3n) is 3.03. The molecule has 76 valence electrons. The van der Waals surface area contributed by atoms with E-state index in [2.05, 4.69) is 42.5 Å². The van der Waals surface area contributed by atoms with Gasteiger partial charge in [0.05, 0.1) is 0 Å². The summed E-state index contributed by atoms with van der Waals surface area (Å²) in [5, 5.41) is 3.33. The van der Waals surface area contributed by atoms with Crippen LogP contribution in [-0.2, 0) is 4.79 Å². The molecule has 2 rings (SSSR count). The molecule has 1 aliphatic carbocycles. The minimum atomic E-state index is 0.421. The van der Waals surface area contributed by atoms with E-state index in [1.807, 2.05) is 0 Å². The summed E-state index contributed by atoms with van der Waals surface area (Å²) in [5.74, 6) is 1.60. The molecule has 0 aromatic rings. The second kappa shape index (κ2) is 6.55. The van der Waals surface area contributed by atoms with Gasteiger partial charge in [-0.25, -0.2) is 0 Å². The van der Waals surface area contributed by atoms with Crippen LogP contribution in [0.25, 0.3) is 0 Å². The van der Waals surface area contributed by atoms with E-state index < -0.39 is 0 Å². The molecule has 0 amide bonds. The fraction of sp³-hybridized carbons (Fsp3) is 0.889. The molecule has 0 aromatic carbocycles. The lowest BCUT2D eigenvalue weighted by atomic mass is 9.92. The number of Topliss-reactive ketones (excluding diaryl/α,β-unsaturated/α-hetero) is 1. The fourth-order valence-corrected chi connectivity index (χ4v) is 2.39. The van der Waals surface area contributed by atoms with Crippen molar-refractivity contribution in [3.8, 4) is 0 Å². The largest absolute Gasteiger partial charge is 0.316 e. The molecule has 13 heavy (non-hydrogen) atoms. The second-order valence-electron chi connectivity index (χ2n) is 3.72. The third-order valence-corrected chi connectivity index (χ3v) is 3.03. The normalized spacial score (nSPS) is 32.9. The number of halogens is 2. The van der Waals surface area contributed by atoms with Gasteiger partial charge in [0.2, 0.25) is 0 Å². The molecule has 2 aliphatic rings. The number of hydrogen-bond donors (Lipinski definition) is 1. The number of hydrogen-bond acceptors (Lipinski definition) is 2. The first-order chi connectivity index (χ1) is 6.38.